The predicted molar refractivity (Wildman–Crippen MR) is 133 cm³/mol. The zero-order chi connectivity index (χ0) is 24.5. The topological polar surface area (TPSA) is 105 Å². The fraction of sp³-hybridized carbons (Fsp3) is 0.308. The largest absolute Gasteiger partial charge is 0.384 e. The molecule has 4 rings (SSSR count). The number of pyridine rings is 1. The van der Waals surface area contributed by atoms with Crippen LogP contribution in [-0.2, 0) is 27.8 Å². The third kappa shape index (κ3) is 4.98. The number of nitrogens with two attached hydrogens (primary N) is 1. The number of benzene rings is 2. The summed E-state index contributed by atoms with van der Waals surface area (Å²) in [5.74, 6) is -0.525. The molecule has 0 fully saturated rings. The van der Waals surface area contributed by atoms with E-state index in [2.05, 4.69) is 47.5 Å². The van der Waals surface area contributed by atoms with Crippen molar-refractivity contribution in [3.05, 3.63) is 88.0 Å². The van der Waals surface area contributed by atoms with Crippen molar-refractivity contribution in [2.75, 3.05) is 12.3 Å². The Morgan fingerprint density at radius 3 is 2.50 bits per heavy atom. The van der Waals surface area contributed by atoms with Gasteiger partial charge in [-0.25, -0.2) is 9.71 Å². The van der Waals surface area contributed by atoms with Gasteiger partial charge in [0, 0.05) is 6.54 Å². The summed E-state index contributed by atoms with van der Waals surface area (Å²) in [6, 6.07) is 15.6. The summed E-state index contributed by atoms with van der Waals surface area (Å²) in [4.78, 5) is 19.6. The van der Waals surface area contributed by atoms with Gasteiger partial charge < -0.3 is 5.73 Å². The van der Waals surface area contributed by atoms with Crippen LogP contribution in [-0.4, -0.2) is 30.8 Å². The molecule has 2 heterocycles. The standard InChI is InChI=1S/C26H30N4O3S/c1-17-14-18(2)22(19(3)15-17)16-30-13-7-9-20-8-4-5-10-21(20)25(30)26(31)29-34(32,33)24-12-6-11-23(27)28-24/h4-6,8,10-12,14-15,25H,7,9,13,16H2,1-3H3,(H2,27,28)(H,29,31). The van der Waals surface area contributed by atoms with Crippen molar-refractivity contribution in [2.24, 2.45) is 0 Å². The molecule has 0 saturated carbocycles. The molecule has 0 aliphatic carbocycles. The minimum absolute atomic E-state index is 0.0714. The molecular weight excluding hydrogens is 448 g/mol. The van der Waals surface area contributed by atoms with Crippen LogP contribution in [0.15, 0.2) is 59.6 Å². The average molecular weight is 479 g/mol. The van der Waals surface area contributed by atoms with E-state index in [0.29, 0.717) is 13.1 Å². The lowest BCUT2D eigenvalue weighted by atomic mass is 9.96. The first kappa shape index (κ1) is 23.9. The molecule has 0 spiro atoms. The average Bonchev–Trinajstić information content (AvgIpc) is 2.95. The van der Waals surface area contributed by atoms with Gasteiger partial charge in [-0.15, -0.1) is 0 Å². The number of sulfonamides is 1. The molecule has 1 aliphatic heterocycles. The molecule has 8 heteroatoms. The first-order valence-electron chi connectivity index (χ1n) is 11.3. The van der Waals surface area contributed by atoms with E-state index in [-0.39, 0.29) is 10.8 Å². The quantitative estimate of drug-likeness (QED) is 0.581. The molecule has 3 N–H and O–H groups in total. The number of carbonyl (C=O) groups is 1. The van der Waals surface area contributed by atoms with Gasteiger partial charge in [-0.05, 0) is 80.1 Å². The molecule has 3 aromatic rings. The Morgan fingerprint density at radius 1 is 1.09 bits per heavy atom. The Labute approximate surface area is 201 Å². The van der Waals surface area contributed by atoms with E-state index in [0.717, 1.165) is 40.7 Å². The number of aryl methyl sites for hydroxylation is 4. The Balaban J connectivity index is 1.73. The molecule has 0 saturated heterocycles. The lowest BCUT2D eigenvalue weighted by molar-refractivity contribution is -0.125. The van der Waals surface area contributed by atoms with Crippen LogP contribution < -0.4 is 10.5 Å². The highest BCUT2D eigenvalue weighted by Gasteiger charge is 2.34. The first-order chi connectivity index (χ1) is 16.2. The third-order valence-electron chi connectivity index (χ3n) is 6.31. The van der Waals surface area contributed by atoms with Crippen LogP contribution in [0.25, 0.3) is 0 Å². The second-order valence-corrected chi connectivity index (χ2v) is 10.6. The smallest absolute Gasteiger partial charge is 0.281 e. The zero-order valence-corrected chi connectivity index (χ0v) is 20.5. The minimum Gasteiger partial charge on any atom is -0.384 e. The molecule has 1 atom stereocenters. The van der Waals surface area contributed by atoms with Crippen molar-refractivity contribution in [3.8, 4) is 0 Å². The van der Waals surface area contributed by atoms with Gasteiger partial charge in [0.15, 0.2) is 5.03 Å². The van der Waals surface area contributed by atoms with Crippen molar-refractivity contribution in [3.63, 3.8) is 0 Å². The van der Waals surface area contributed by atoms with Gasteiger partial charge in [0.25, 0.3) is 15.9 Å². The number of hydrogen-bond acceptors (Lipinski definition) is 6. The van der Waals surface area contributed by atoms with E-state index >= 15 is 0 Å². The second-order valence-electron chi connectivity index (χ2n) is 8.92. The van der Waals surface area contributed by atoms with Crippen LogP contribution in [0.1, 0.15) is 45.8 Å². The number of aromatic nitrogens is 1. The highest BCUT2D eigenvalue weighted by Crippen LogP contribution is 2.32. The lowest BCUT2D eigenvalue weighted by Crippen LogP contribution is -2.43. The number of anilines is 1. The van der Waals surface area contributed by atoms with Gasteiger partial charge in [0.1, 0.15) is 11.9 Å². The second kappa shape index (κ2) is 9.56. The highest BCUT2D eigenvalue weighted by molar-refractivity contribution is 7.90. The molecule has 34 heavy (non-hydrogen) atoms. The number of amides is 1. The number of carbonyl (C=O) groups excluding carboxylic acids is 1. The summed E-state index contributed by atoms with van der Waals surface area (Å²) in [6.45, 7) is 7.42. The molecule has 0 bridgehead atoms. The molecular formula is C26H30N4O3S. The molecule has 0 radical (unpaired) electrons. The number of nitrogens with one attached hydrogen (secondary N) is 1. The normalized spacial score (nSPS) is 16.5. The molecule has 7 nitrogen and oxygen atoms in total. The molecule has 178 valence electrons. The monoisotopic (exact) mass is 478 g/mol. The first-order valence-corrected chi connectivity index (χ1v) is 12.8. The van der Waals surface area contributed by atoms with Crippen LogP contribution in [0.5, 0.6) is 0 Å². The van der Waals surface area contributed by atoms with Gasteiger partial charge in [-0.3, -0.25) is 9.69 Å². The molecule has 1 unspecified atom stereocenters. The Kier molecular flexibility index (Phi) is 6.72. The van der Waals surface area contributed by atoms with E-state index in [1.165, 1.54) is 23.8 Å². The van der Waals surface area contributed by atoms with Crippen LogP contribution in [0.3, 0.4) is 0 Å². The Bertz CT molecular complexity index is 1310. The van der Waals surface area contributed by atoms with E-state index in [1.54, 1.807) is 0 Å². The summed E-state index contributed by atoms with van der Waals surface area (Å²) in [5.41, 5.74) is 12.2. The van der Waals surface area contributed by atoms with Crippen molar-refractivity contribution in [1.82, 2.24) is 14.6 Å². The summed E-state index contributed by atoms with van der Waals surface area (Å²) in [7, 11) is -4.18. The summed E-state index contributed by atoms with van der Waals surface area (Å²) >= 11 is 0. The van der Waals surface area contributed by atoms with Crippen molar-refractivity contribution < 1.29 is 13.2 Å². The van der Waals surface area contributed by atoms with Gasteiger partial charge in [-0.2, -0.15) is 8.42 Å². The van der Waals surface area contributed by atoms with Crippen molar-refractivity contribution in [2.45, 2.75) is 51.2 Å². The van der Waals surface area contributed by atoms with Gasteiger partial charge in [0.2, 0.25) is 0 Å². The predicted octanol–water partition coefficient (Wildman–Crippen LogP) is 3.58. The number of hydrogen-bond donors (Lipinski definition) is 2. The fourth-order valence-corrected chi connectivity index (χ4v) is 5.75. The van der Waals surface area contributed by atoms with Gasteiger partial charge >= 0.3 is 0 Å². The summed E-state index contributed by atoms with van der Waals surface area (Å²) < 4.78 is 28.2. The SMILES string of the molecule is Cc1cc(C)c(CN2CCCc3ccccc3C2C(=O)NS(=O)(=O)c2cccc(N)n2)c(C)c1. The van der Waals surface area contributed by atoms with Crippen LogP contribution in [0.4, 0.5) is 5.82 Å². The van der Waals surface area contributed by atoms with Crippen LogP contribution in [0, 0.1) is 20.8 Å². The van der Waals surface area contributed by atoms with Crippen LogP contribution >= 0.6 is 0 Å². The number of nitrogens with zero attached hydrogens (tertiary/aromatic N) is 2. The van der Waals surface area contributed by atoms with Gasteiger partial charge in [-0.1, -0.05) is 48.0 Å². The van der Waals surface area contributed by atoms with E-state index in [9.17, 15) is 13.2 Å². The lowest BCUT2D eigenvalue weighted by Gasteiger charge is -2.31. The van der Waals surface area contributed by atoms with Gasteiger partial charge in [0.05, 0.1) is 0 Å². The summed E-state index contributed by atoms with van der Waals surface area (Å²) in [5, 5.41) is -0.278. The third-order valence-corrected chi connectivity index (χ3v) is 7.56. The van der Waals surface area contributed by atoms with E-state index in [4.69, 9.17) is 5.73 Å². The van der Waals surface area contributed by atoms with Crippen LogP contribution in [0.2, 0.25) is 0 Å². The van der Waals surface area contributed by atoms with E-state index in [1.807, 2.05) is 24.3 Å². The molecule has 1 amide bonds. The number of rotatable bonds is 5. The maximum atomic E-state index is 13.6. The maximum Gasteiger partial charge on any atom is 0.281 e. The summed E-state index contributed by atoms with van der Waals surface area (Å²) in [6.07, 6.45) is 1.69. The van der Waals surface area contributed by atoms with Crippen molar-refractivity contribution >= 4 is 21.7 Å². The molecule has 2 aromatic carbocycles. The zero-order valence-electron chi connectivity index (χ0n) is 19.7. The molecule has 1 aliphatic rings. The van der Waals surface area contributed by atoms with E-state index < -0.39 is 22.0 Å². The highest BCUT2D eigenvalue weighted by atomic mass is 32.2. The Hall–Kier alpha value is -3.23. The maximum absolute atomic E-state index is 13.6. The minimum atomic E-state index is -4.18. The fourth-order valence-electron chi connectivity index (χ4n) is 4.79. The van der Waals surface area contributed by atoms with Crippen molar-refractivity contribution in [1.29, 1.82) is 0 Å². The molecule has 1 aromatic heterocycles. The number of nitrogen functional groups attached to an aromatic ring is 1. The Morgan fingerprint density at radius 2 is 1.79 bits per heavy atom. The number of fused-ring (bicyclic) bond motifs is 1.